The van der Waals surface area contributed by atoms with Crippen LogP contribution in [0, 0.1) is 5.92 Å². The molecule has 1 fully saturated rings. The fourth-order valence-corrected chi connectivity index (χ4v) is 2.18. The van der Waals surface area contributed by atoms with E-state index in [0.29, 0.717) is 29.4 Å². The van der Waals surface area contributed by atoms with Gasteiger partial charge in [-0.1, -0.05) is 25.4 Å². The van der Waals surface area contributed by atoms with Gasteiger partial charge in [0.2, 0.25) is 0 Å². The molecule has 0 bridgehead atoms. The second-order valence-corrected chi connectivity index (χ2v) is 5.59. The van der Waals surface area contributed by atoms with E-state index in [4.69, 9.17) is 17.3 Å². The van der Waals surface area contributed by atoms with Gasteiger partial charge in [0.05, 0.1) is 18.7 Å². The molecule has 1 saturated heterocycles. The first kappa shape index (κ1) is 13.2. The molecule has 18 heavy (non-hydrogen) atoms. The second kappa shape index (κ2) is 4.44. The highest BCUT2D eigenvalue weighted by molar-refractivity contribution is 6.31. The summed E-state index contributed by atoms with van der Waals surface area (Å²) in [6.07, 6.45) is 0. The van der Waals surface area contributed by atoms with Gasteiger partial charge in [0, 0.05) is 10.7 Å². The number of nitrogen functional groups attached to an aromatic ring is 1. The zero-order chi connectivity index (χ0) is 13.5. The predicted octanol–water partition coefficient (Wildman–Crippen LogP) is 1.77. The van der Waals surface area contributed by atoms with Gasteiger partial charge in [0.15, 0.2) is 0 Å². The summed E-state index contributed by atoms with van der Waals surface area (Å²) in [6.45, 7) is 4.57. The molecular formula is C13H17ClN2O2. The van der Waals surface area contributed by atoms with Crippen LogP contribution < -0.4 is 5.73 Å². The van der Waals surface area contributed by atoms with Crippen LogP contribution >= 0.6 is 11.6 Å². The van der Waals surface area contributed by atoms with Crippen molar-refractivity contribution in [1.82, 2.24) is 4.90 Å². The Balaban J connectivity index is 2.13. The lowest BCUT2D eigenvalue weighted by Gasteiger charge is -2.49. The number of amides is 1. The minimum absolute atomic E-state index is 0.123. The fourth-order valence-electron chi connectivity index (χ4n) is 2.01. The average molecular weight is 269 g/mol. The van der Waals surface area contributed by atoms with Gasteiger partial charge in [-0.25, -0.2) is 0 Å². The summed E-state index contributed by atoms with van der Waals surface area (Å²) in [6, 6.07) is 4.82. The number of hydrogen-bond donors (Lipinski definition) is 2. The molecule has 0 spiro atoms. The molecule has 98 valence electrons. The highest BCUT2D eigenvalue weighted by Crippen LogP contribution is 2.31. The summed E-state index contributed by atoms with van der Waals surface area (Å²) in [7, 11) is 0. The van der Waals surface area contributed by atoms with E-state index in [-0.39, 0.29) is 11.8 Å². The standard InChI is InChI=1S/C13H17ClN2O2/c1-8(2)13(18)6-16(7-13)12(17)10-5-9(14)3-4-11(10)15/h3-5,8,18H,6-7,15H2,1-2H3. The molecule has 0 saturated carbocycles. The summed E-state index contributed by atoms with van der Waals surface area (Å²) in [5.41, 5.74) is 5.79. The summed E-state index contributed by atoms with van der Waals surface area (Å²) in [5.74, 6) is -0.0569. The molecule has 3 N–H and O–H groups in total. The Kier molecular flexibility index (Phi) is 3.25. The Bertz CT molecular complexity index is 482. The van der Waals surface area contributed by atoms with Crippen molar-refractivity contribution in [3.63, 3.8) is 0 Å². The summed E-state index contributed by atoms with van der Waals surface area (Å²) in [5, 5.41) is 10.6. The van der Waals surface area contributed by atoms with E-state index < -0.39 is 5.60 Å². The lowest BCUT2D eigenvalue weighted by molar-refractivity contribution is -0.110. The highest BCUT2D eigenvalue weighted by atomic mass is 35.5. The van der Waals surface area contributed by atoms with Gasteiger partial charge in [-0.15, -0.1) is 0 Å². The maximum Gasteiger partial charge on any atom is 0.256 e. The third-order valence-corrected chi connectivity index (χ3v) is 3.77. The van der Waals surface area contributed by atoms with Crippen molar-refractivity contribution >= 4 is 23.2 Å². The smallest absolute Gasteiger partial charge is 0.256 e. The van der Waals surface area contributed by atoms with Gasteiger partial charge in [0.1, 0.15) is 5.60 Å². The molecular weight excluding hydrogens is 252 g/mol. The summed E-state index contributed by atoms with van der Waals surface area (Å²) >= 11 is 5.86. The summed E-state index contributed by atoms with van der Waals surface area (Å²) < 4.78 is 0. The van der Waals surface area contributed by atoms with Crippen molar-refractivity contribution < 1.29 is 9.90 Å². The Hall–Kier alpha value is -1.26. The minimum Gasteiger partial charge on any atom is -0.398 e. The molecule has 4 nitrogen and oxygen atoms in total. The molecule has 0 atom stereocenters. The molecule has 0 aliphatic carbocycles. The van der Waals surface area contributed by atoms with Crippen LogP contribution in [0.3, 0.4) is 0 Å². The van der Waals surface area contributed by atoms with Gasteiger partial charge in [-0.2, -0.15) is 0 Å². The number of aliphatic hydroxyl groups is 1. The van der Waals surface area contributed by atoms with E-state index in [1.165, 1.54) is 0 Å². The van der Waals surface area contributed by atoms with Crippen molar-refractivity contribution in [3.8, 4) is 0 Å². The van der Waals surface area contributed by atoms with Gasteiger partial charge in [-0.3, -0.25) is 4.79 Å². The Morgan fingerprint density at radius 3 is 2.67 bits per heavy atom. The van der Waals surface area contributed by atoms with Gasteiger partial charge < -0.3 is 15.7 Å². The SMILES string of the molecule is CC(C)C1(O)CN(C(=O)c2cc(Cl)ccc2N)C1. The largest absolute Gasteiger partial charge is 0.398 e. The van der Waals surface area contributed by atoms with Crippen molar-refractivity contribution in [2.75, 3.05) is 18.8 Å². The molecule has 0 aromatic heterocycles. The van der Waals surface area contributed by atoms with E-state index in [9.17, 15) is 9.90 Å². The number of halogens is 1. The summed E-state index contributed by atoms with van der Waals surface area (Å²) in [4.78, 5) is 13.8. The van der Waals surface area contributed by atoms with E-state index in [0.717, 1.165) is 0 Å². The second-order valence-electron chi connectivity index (χ2n) is 5.15. The molecule has 1 amide bonds. The number of hydrogen-bond acceptors (Lipinski definition) is 3. The topological polar surface area (TPSA) is 66.6 Å². The number of nitrogens with two attached hydrogens (primary N) is 1. The first-order valence-electron chi connectivity index (χ1n) is 5.90. The lowest BCUT2D eigenvalue weighted by Crippen LogP contribution is -2.66. The van der Waals surface area contributed by atoms with E-state index in [1.807, 2.05) is 13.8 Å². The number of carbonyl (C=O) groups excluding carboxylic acids is 1. The molecule has 5 heteroatoms. The molecule has 1 aromatic carbocycles. The Morgan fingerprint density at radius 2 is 2.11 bits per heavy atom. The number of nitrogens with zero attached hydrogens (tertiary/aromatic N) is 1. The van der Waals surface area contributed by atoms with Crippen LogP contribution in [0.25, 0.3) is 0 Å². The monoisotopic (exact) mass is 268 g/mol. The fraction of sp³-hybridized carbons (Fsp3) is 0.462. The van der Waals surface area contributed by atoms with E-state index in [2.05, 4.69) is 0 Å². The molecule has 1 aromatic rings. The van der Waals surface area contributed by atoms with E-state index in [1.54, 1.807) is 23.1 Å². The molecule has 0 radical (unpaired) electrons. The molecule has 0 unspecified atom stereocenters. The van der Waals surface area contributed by atoms with Crippen LogP contribution in [0.5, 0.6) is 0 Å². The Morgan fingerprint density at radius 1 is 1.50 bits per heavy atom. The van der Waals surface area contributed by atoms with Crippen molar-refractivity contribution in [1.29, 1.82) is 0 Å². The van der Waals surface area contributed by atoms with Crippen LogP contribution in [-0.4, -0.2) is 34.6 Å². The predicted molar refractivity (Wildman–Crippen MR) is 71.6 cm³/mol. The minimum atomic E-state index is -0.775. The third-order valence-electron chi connectivity index (χ3n) is 3.54. The molecule has 1 aliphatic rings. The first-order valence-corrected chi connectivity index (χ1v) is 6.28. The van der Waals surface area contributed by atoms with Crippen LogP contribution in [0.4, 0.5) is 5.69 Å². The number of likely N-dealkylation sites (tertiary alicyclic amines) is 1. The van der Waals surface area contributed by atoms with Crippen LogP contribution in [0.1, 0.15) is 24.2 Å². The Labute approximate surface area is 111 Å². The van der Waals surface area contributed by atoms with Crippen LogP contribution in [0.2, 0.25) is 5.02 Å². The number of benzene rings is 1. The van der Waals surface area contributed by atoms with Gasteiger partial charge >= 0.3 is 0 Å². The van der Waals surface area contributed by atoms with Gasteiger partial charge in [-0.05, 0) is 24.1 Å². The van der Waals surface area contributed by atoms with Gasteiger partial charge in [0.25, 0.3) is 5.91 Å². The van der Waals surface area contributed by atoms with Crippen LogP contribution in [0.15, 0.2) is 18.2 Å². The van der Waals surface area contributed by atoms with Crippen LogP contribution in [-0.2, 0) is 0 Å². The first-order chi connectivity index (χ1) is 8.33. The quantitative estimate of drug-likeness (QED) is 0.804. The van der Waals surface area contributed by atoms with Crippen molar-refractivity contribution in [3.05, 3.63) is 28.8 Å². The number of rotatable bonds is 2. The lowest BCUT2D eigenvalue weighted by atomic mass is 9.82. The zero-order valence-electron chi connectivity index (χ0n) is 10.5. The molecule has 1 heterocycles. The molecule has 2 rings (SSSR count). The normalized spacial score (nSPS) is 17.7. The highest BCUT2D eigenvalue weighted by Gasteiger charge is 2.46. The maximum atomic E-state index is 12.2. The third kappa shape index (κ3) is 2.18. The van der Waals surface area contributed by atoms with Crippen molar-refractivity contribution in [2.45, 2.75) is 19.4 Å². The number of β-amino-alcohol motifs (C(OH)–C–C–N with tert-alkyl or cyclic N) is 1. The average Bonchev–Trinajstić information content (AvgIpc) is 2.27. The maximum absolute atomic E-state index is 12.2. The van der Waals surface area contributed by atoms with E-state index >= 15 is 0 Å². The van der Waals surface area contributed by atoms with Crippen molar-refractivity contribution in [2.24, 2.45) is 5.92 Å². The number of anilines is 1. The zero-order valence-corrected chi connectivity index (χ0v) is 11.2. The molecule has 1 aliphatic heterocycles. The number of carbonyl (C=O) groups is 1.